The number of hydrogen-bond donors (Lipinski definition) is 9. The fourth-order valence-corrected chi connectivity index (χ4v) is 8.87. The molecule has 0 bridgehead atoms. The first kappa shape index (κ1) is 70.5. The molecular weight excluding hydrogens is 991 g/mol. The van der Waals surface area contributed by atoms with Gasteiger partial charge in [-0.25, -0.2) is 0 Å². The van der Waals surface area contributed by atoms with Crippen LogP contribution < -0.4 is 5.32 Å². The third-order valence-corrected chi connectivity index (χ3v) is 13.7. The van der Waals surface area contributed by atoms with E-state index < -0.39 is 86.8 Å². The SMILES string of the molecule is CC/C=C\C/C=C\C/C=C\C/C=C\C/C=C\C/C=C\C/C=C\C/C=C\C/C=C\CCCCCC(=O)NC(COC1OC(CO)C(OC2OC(CO)C(O)C(O)C2O)C(O)C1O)C(O)/C=C/CCCCCCCCCCCCC. The van der Waals surface area contributed by atoms with Crippen LogP contribution in [0.3, 0.4) is 0 Å². The van der Waals surface area contributed by atoms with E-state index in [9.17, 15) is 45.6 Å². The van der Waals surface area contributed by atoms with Crippen molar-refractivity contribution in [2.45, 2.75) is 254 Å². The largest absolute Gasteiger partial charge is 0.394 e. The first-order valence-corrected chi connectivity index (χ1v) is 29.8. The first-order chi connectivity index (χ1) is 38.1. The predicted molar refractivity (Wildman–Crippen MR) is 313 cm³/mol. The van der Waals surface area contributed by atoms with E-state index in [4.69, 9.17) is 18.9 Å². The van der Waals surface area contributed by atoms with Gasteiger partial charge in [-0.1, -0.05) is 206 Å². The van der Waals surface area contributed by atoms with E-state index in [-0.39, 0.29) is 18.9 Å². The topological polar surface area (TPSA) is 228 Å². The molecule has 2 aliphatic rings. The number of aliphatic hydroxyl groups is 8. The minimum Gasteiger partial charge on any atom is -0.394 e. The van der Waals surface area contributed by atoms with Crippen molar-refractivity contribution < 1.29 is 64.6 Å². The molecule has 2 rings (SSSR count). The number of rotatable bonds is 45. The van der Waals surface area contributed by atoms with Gasteiger partial charge in [0.1, 0.15) is 48.8 Å². The van der Waals surface area contributed by atoms with Crippen molar-refractivity contribution in [2.24, 2.45) is 0 Å². The Labute approximate surface area is 469 Å². The average molecular weight is 1100 g/mol. The van der Waals surface area contributed by atoms with Crippen molar-refractivity contribution in [3.63, 3.8) is 0 Å². The maximum Gasteiger partial charge on any atom is 0.220 e. The summed E-state index contributed by atoms with van der Waals surface area (Å²) in [7, 11) is 0. The summed E-state index contributed by atoms with van der Waals surface area (Å²) >= 11 is 0. The van der Waals surface area contributed by atoms with E-state index in [1.165, 1.54) is 51.4 Å². The standard InChI is InChI=1S/C64H105NO13/c1-3-5-7-9-11-13-15-17-18-19-20-21-22-23-24-25-26-27-28-29-30-31-32-33-34-36-38-40-42-44-46-48-56(69)65-52(53(68)47-45-43-41-39-37-35-16-14-12-10-8-6-4-2)51-75-63-61(74)59(72)62(55(50-67)77-63)78-64-60(73)58(71)57(70)54(49-66)76-64/h5,7,11,13,17-18,20-21,23-24,26-27,29-30,32-33,36,38,45,47,52-55,57-64,66-68,70-74H,3-4,6,8-10,12,14-16,19,22,25,28,31,34-35,37,39-44,46,48-51H2,1-2H3,(H,65,69)/b7-5-,13-11-,18-17-,21-20-,24-23-,27-26-,30-29-,33-32-,38-36-,47-45+. The molecule has 14 nitrogen and oxygen atoms in total. The summed E-state index contributed by atoms with van der Waals surface area (Å²) in [5.74, 6) is -0.278. The van der Waals surface area contributed by atoms with Crippen LogP contribution in [0.25, 0.3) is 0 Å². The second kappa shape index (κ2) is 48.1. The molecule has 12 unspecified atom stereocenters. The van der Waals surface area contributed by atoms with Crippen LogP contribution in [0.4, 0.5) is 0 Å². The van der Waals surface area contributed by atoms with Crippen molar-refractivity contribution in [2.75, 3.05) is 19.8 Å². The van der Waals surface area contributed by atoms with Gasteiger partial charge in [-0.05, 0) is 89.9 Å². The number of amides is 1. The van der Waals surface area contributed by atoms with Crippen LogP contribution in [0.15, 0.2) is 122 Å². The van der Waals surface area contributed by atoms with Gasteiger partial charge < -0.3 is 65.1 Å². The van der Waals surface area contributed by atoms with Crippen molar-refractivity contribution in [3.8, 4) is 0 Å². The van der Waals surface area contributed by atoms with Crippen LogP contribution in [0.5, 0.6) is 0 Å². The summed E-state index contributed by atoms with van der Waals surface area (Å²) in [6.45, 7) is 2.63. The van der Waals surface area contributed by atoms with Crippen LogP contribution >= 0.6 is 0 Å². The summed E-state index contributed by atoms with van der Waals surface area (Å²) in [5.41, 5.74) is 0. The molecule has 2 heterocycles. The third-order valence-electron chi connectivity index (χ3n) is 13.7. The molecule has 2 fully saturated rings. The number of unbranched alkanes of at least 4 members (excludes halogenated alkanes) is 14. The molecule has 2 aliphatic heterocycles. The van der Waals surface area contributed by atoms with Crippen LogP contribution in [0.2, 0.25) is 0 Å². The second-order valence-electron chi connectivity index (χ2n) is 20.4. The highest BCUT2D eigenvalue weighted by Gasteiger charge is 2.51. The highest BCUT2D eigenvalue weighted by atomic mass is 16.7. The molecule has 14 heteroatoms. The van der Waals surface area contributed by atoms with E-state index in [2.05, 4.69) is 129 Å². The lowest BCUT2D eigenvalue weighted by Crippen LogP contribution is -2.65. The molecule has 0 radical (unpaired) electrons. The van der Waals surface area contributed by atoms with Gasteiger partial charge >= 0.3 is 0 Å². The Balaban J connectivity index is 1.74. The molecule has 0 saturated carbocycles. The molecule has 0 spiro atoms. The minimum absolute atomic E-state index is 0.233. The molecule has 1 amide bonds. The number of carbonyl (C=O) groups excluding carboxylic acids is 1. The lowest BCUT2D eigenvalue weighted by Gasteiger charge is -2.46. The normalized spacial score (nSPS) is 25.5. The summed E-state index contributed by atoms with van der Waals surface area (Å²) < 4.78 is 22.7. The summed E-state index contributed by atoms with van der Waals surface area (Å²) in [6, 6.07) is -0.941. The molecule has 444 valence electrons. The second-order valence-corrected chi connectivity index (χ2v) is 20.4. The molecule has 0 aliphatic carbocycles. The lowest BCUT2D eigenvalue weighted by atomic mass is 9.97. The van der Waals surface area contributed by atoms with Crippen LogP contribution in [-0.2, 0) is 23.7 Å². The number of carbonyl (C=O) groups is 1. The fraction of sp³-hybridized carbons (Fsp3) is 0.672. The van der Waals surface area contributed by atoms with Gasteiger partial charge in [0.25, 0.3) is 0 Å². The van der Waals surface area contributed by atoms with Crippen molar-refractivity contribution in [3.05, 3.63) is 122 Å². The zero-order valence-corrected chi connectivity index (χ0v) is 47.6. The monoisotopic (exact) mass is 1100 g/mol. The number of nitrogens with one attached hydrogen (secondary N) is 1. The fourth-order valence-electron chi connectivity index (χ4n) is 8.87. The van der Waals surface area contributed by atoms with Gasteiger partial charge in [-0.15, -0.1) is 0 Å². The molecular formula is C64H105NO13. The summed E-state index contributed by atoms with van der Waals surface area (Å²) in [5, 5.41) is 87.0. The zero-order valence-electron chi connectivity index (χ0n) is 47.6. The Morgan fingerprint density at radius 1 is 0.474 bits per heavy atom. The maximum atomic E-state index is 13.2. The Morgan fingerprint density at radius 2 is 0.885 bits per heavy atom. The van der Waals surface area contributed by atoms with E-state index >= 15 is 0 Å². The zero-order chi connectivity index (χ0) is 56.7. The quantitative estimate of drug-likeness (QED) is 0.0205. The molecule has 0 aromatic carbocycles. The summed E-state index contributed by atoms with van der Waals surface area (Å²) in [6.07, 6.45) is 52.4. The minimum atomic E-state index is -1.80. The van der Waals surface area contributed by atoms with E-state index in [1.807, 2.05) is 6.08 Å². The van der Waals surface area contributed by atoms with Crippen molar-refractivity contribution in [1.29, 1.82) is 0 Å². The smallest absolute Gasteiger partial charge is 0.220 e. The van der Waals surface area contributed by atoms with Gasteiger partial charge in [0.15, 0.2) is 12.6 Å². The number of ether oxygens (including phenoxy) is 4. The maximum absolute atomic E-state index is 13.2. The first-order valence-electron chi connectivity index (χ1n) is 29.8. The number of hydrogen-bond acceptors (Lipinski definition) is 13. The lowest BCUT2D eigenvalue weighted by molar-refractivity contribution is -0.359. The molecule has 0 aromatic rings. The Kier molecular flexibility index (Phi) is 43.5. The van der Waals surface area contributed by atoms with Gasteiger partial charge in [0.05, 0.1) is 32.0 Å². The Bertz CT molecular complexity index is 1770. The van der Waals surface area contributed by atoms with Crippen LogP contribution in [0.1, 0.15) is 181 Å². The highest BCUT2D eigenvalue weighted by molar-refractivity contribution is 5.76. The van der Waals surface area contributed by atoms with E-state index in [0.717, 1.165) is 103 Å². The van der Waals surface area contributed by atoms with Crippen molar-refractivity contribution >= 4 is 5.91 Å². The molecule has 0 aromatic heterocycles. The molecule has 9 N–H and O–H groups in total. The third kappa shape index (κ3) is 33.2. The van der Waals surface area contributed by atoms with Gasteiger partial charge in [0, 0.05) is 6.42 Å². The number of allylic oxidation sites excluding steroid dienone is 19. The Morgan fingerprint density at radius 3 is 1.36 bits per heavy atom. The van der Waals surface area contributed by atoms with E-state index in [0.29, 0.717) is 6.42 Å². The molecule has 12 atom stereocenters. The predicted octanol–water partition coefficient (Wildman–Crippen LogP) is 10.2. The molecule has 2 saturated heterocycles. The van der Waals surface area contributed by atoms with Gasteiger partial charge in [-0.3, -0.25) is 4.79 Å². The number of aliphatic hydroxyl groups excluding tert-OH is 8. The van der Waals surface area contributed by atoms with Gasteiger partial charge in [0.2, 0.25) is 5.91 Å². The Hall–Kier alpha value is -3.61. The van der Waals surface area contributed by atoms with Crippen LogP contribution in [0, 0.1) is 0 Å². The van der Waals surface area contributed by atoms with E-state index in [1.54, 1.807) is 6.08 Å². The molecule has 78 heavy (non-hydrogen) atoms. The average Bonchev–Trinajstić information content (AvgIpc) is 3.47. The van der Waals surface area contributed by atoms with Crippen molar-refractivity contribution in [1.82, 2.24) is 5.32 Å². The highest BCUT2D eigenvalue weighted by Crippen LogP contribution is 2.30. The summed E-state index contributed by atoms with van der Waals surface area (Å²) in [4.78, 5) is 13.2. The van der Waals surface area contributed by atoms with Gasteiger partial charge in [-0.2, -0.15) is 0 Å². The van der Waals surface area contributed by atoms with Crippen LogP contribution in [-0.4, -0.2) is 140 Å².